The number of carbonyl (C=O) groups excluding carboxylic acids is 1. The van der Waals surface area contributed by atoms with Crippen LogP contribution in [-0.2, 0) is 4.79 Å². The Morgan fingerprint density at radius 3 is 2.29 bits per heavy atom. The third-order valence-corrected chi connectivity index (χ3v) is 1.90. The Hall–Kier alpha value is -1.64. The van der Waals surface area contributed by atoms with E-state index in [2.05, 4.69) is 11.6 Å². The lowest BCUT2D eigenvalue weighted by atomic mass is 10.4. The van der Waals surface area contributed by atoms with Crippen molar-refractivity contribution >= 4 is 5.91 Å². The zero-order valence-corrected chi connectivity index (χ0v) is 8.10. The van der Waals surface area contributed by atoms with Crippen molar-refractivity contribution in [2.45, 2.75) is 12.8 Å². The minimum atomic E-state index is 0.208. The maximum atomic E-state index is 10.7. The van der Waals surface area contributed by atoms with Crippen molar-refractivity contribution in [3.8, 4) is 0 Å². The molecule has 0 atom stereocenters. The molecule has 0 unspecified atom stereocenters. The Balaban J connectivity index is 0.000000146. The van der Waals surface area contributed by atoms with Gasteiger partial charge in [-0.15, -0.1) is 0 Å². The van der Waals surface area contributed by atoms with Crippen LogP contribution in [0.25, 0.3) is 0 Å². The van der Waals surface area contributed by atoms with E-state index < -0.39 is 0 Å². The van der Waals surface area contributed by atoms with Crippen molar-refractivity contribution in [2.24, 2.45) is 0 Å². The smallest absolute Gasteiger partial charge is 0.226 e. The molecule has 1 aliphatic heterocycles. The monoisotopic (exact) mass is 190 g/mol. The molecular weight excluding hydrogens is 176 g/mol. The highest BCUT2D eigenvalue weighted by atomic mass is 16.2. The van der Waals surface area contributed by atoms with Crippen molar-refractivity contribution in [2.75, 3.05) is 6.54 Å². The van der Waals surface area contributed by atoms with Crippen LogP contribution in [0.3, 0.4) is 0 Å². The Morgan fingerprint density at radius 2 is 2.07 bits per heavy atom. The van der Waals surface area contributed by atoms with Gasteiger partial charge in [0.2, 0.25) is 5.91 Å². The van der Waals surface area contributed by atoms with Crippen molar-refractivity contribution in [3.05, 3.63) is 43.4 Å². The van der Waals surface area contributed by atoms with Gasteiger partial charge < -0.3 is 4.90 Å². The minimum absolute atomic E-state index is 0.208. The average Bonchev–Trinajstić information content (AvgIpc) is 2.67. The van der Waals surface area contributed by atoms with E-state index >= 15 is 0 Å². The highest BCUT2D eigenvalue weighted by molar-refractivity contribution is 5.78. The van der Waals surface area contributed by atoms with Crippen molar-refractivity contribution < 1.29 is 4.79 Å². The molecule has 3 heteroatoms. The predicted octanol–water partition coefficient (Wildman–Crippen LogP) is 1.83. The number of pyridine rings is 1. The molecule has 1 amide bonds. The fourth-order valence-electron chi connectivity index (χ4n) is 1.17. The lowest BCUT2D eigenvalue weighted by Gasteiger charge is -2.05. The van der Waals surface area contributed by atoms with E-state index in [0.717, 1.165) is 13.0 Å². The lowest BCUT2D eigenvalue weighted by molar-refractivity contribution is -0.125. The van der Waals surface area contributed by atoms with Crippen LogP contribution in [-0.4, -0.2) is 22.3 Å². The average molecular weight is 190 g/mol. The Morgan fingerprint density at radius 1 is 1.36 bits per heavy atom. The van der Waals surface area contributed by atoms with Crippen LogP contribution < -0.4 is 0 Å². The molecule has 1 aromatic heterocycles. The zero-order valence-electron chi connectivity index (χ0n) is 8.10. The van der Waals surface area contributed by atoms with Crippen molar-refractivity contribution in [1.29, 1.82) is 0 Å². The summed E-state index contributed by atoms with van der Waals surface area (Å²) in [7, 11) is 0. The van der Waals surface area contributed by atoms with E-state index in [4.69, 9.17) is 0 Å². The number of likely N-dealkylation sites (tertiary alicyclic amines) is 1. The van der Waals surface area contributed by atoms with E-state index in [1.807, 2.05) is 18.2 Å². The molecule has 14 heavy (non-hydrogen) atoms. The number of carbonyl (C=O) groups is 1. The molecule has 0 bridgehead atoms. The molecule has 0 N–H and O–H groups in total. The molecule has 0 aromatic carbocycles. The first-order valence-corrected chi connectivity index (χ1v) is 4.61. The molecule has 0 aliphatic carbocycles. The van der Waals surface area contributed by atoms with Gasteiger partial charge in [0.05, 0.1) is 0 Å². The molecule has 0 saturated carbocycles. The van der Waals surface area contributed by atoms with Crippen LogP contribution in [0.15, 0.2) is 43.4 Å². The van der Waals surface area contributed by atoms with Crippen molar-refractivity contribution in [1.82, 2.24) is 9.88 Å². The minimum Gasteiger partial charge on any atom is -0.320 e. The second kappa shape index (κ2) is 5.91. The number of hydrogen-bond acceptors (Lipinski definition) is 2. The van der Waals surface area contributed by atoms with E-state index in [1.165, 1.54) is 0 Å². The van der Waals surface area contributed by atoms with Crippen LogP contribution in [0.2, 0.25) is 0 Å². The quantitative estimate of drug-likeness (QED) is 0.677. The summed E-state index contributed by atoms with van der Waals surface area (Å²) in [5.74, 6) is 0.208. The van der Waals surface area contributed by atoms with Crippen LogP contribution in [0.4, 0.5) is 0 Å². The molecule has 3 nitrogen and oxygen atoms in total. The Labute approximate surface area is 84.1 Å². The van der Waals surface area contributed by atoms with Gasteiger partial charge >= 0.3 is 0 Å². The maximum Gasteiger partial charge on any atom is 0.226 e. The normalized spacial score (nSPS) is 14.6. The van der Waals surface area contributed by atoms with E-state index in [0.29, 0.717) is 6.42 Å². The fourth-order valence-corrected chi connectivity index (χ4v) is 1.17. The van der Waals surface area contributed by atoms with Crippen LogP contribution >= 0.6 is 0 Å². The summed E-state index contributed by atoms with van der Waals surface area (Å²) in [6.45, 7) is 4.36. The summed E-state index contributed by atoms with van der Waals surface area (Å²) in [5, 5.41) is 0. The van der Waals surface area contributed by atoms with E-state index in [1.54, 1.807) is 23.5 Å². The standard InChI is InChI=1S/C6H9NO.C5H5N/c1-2-7-5-3-4-6(7)8;1-2-4-6-5-3-1/h2H,1,3-5H2;1-5H. The lowest BCUT2D eigenvalue weighted by Crippen LogP contribution is -2.16. The van der Waals surface area contributed by atoms with Gasteiger partial charge in [-0.05, 0) is 24.8 Å². The molecule has 1 aliphatic rings. The number of rotatable bonds is 1. The van der Waals surface area contributed by atoms with Gasteiger partial charge in [-0.3, -0.25) is 9.78 Å². The second-order valence-electron chi connectivity index (χ2n) is 2.90. The molecule has 0 spiro atoms. The van der Waals surface area contributed by atoms with Gasteiger partial charge in [0.15, 0.2) is 0 Å². The van der Waals surface area contributed by atoms with E-state index in [9.17, 15) is 4.79 Å². The van der Waals surface area contributed by atoms with Gasteiger partial charge in [-0.2, -0.15) is 0 Å². The van der Waals surface area contributed by atoms with Gasteiger partial charge in [0.1, 0.15) is 0 Å². The number of amides is 1. The van der Waals surface area contributed by atoms with Gasteiger partial charge in [0.25, 0.3) is 0 Å². The summed E-state index contributed by atoms with van der Waals surface area (Å²) < 4.78 is 0. The zero-order chi connectivity index (χ0) is 10.2. The third-order valence-electron chi connectivity index (χ3n) is 1.90. The SMILES string of the molecule is C=CN1CCCC1=O.c1ccncc1. The molecule has 74 valence electrons. The first kappa shape index (κ1) is 10.4. The maximum absolute atomic E-state index is 10.7. The molecule has 0 radical (unpaired) electrons. The van der Waals surface area contributed by atoms with E-state index in [-0.39, 0.29) is 5.91 Å². The van der Waals surface area contributed by atoms with Gasteiger partial charge in [-0.25, -0.2) is 0 Å². The molecule has 1 saturated heterocycles. The van der Waals surface area contributed by atoms with Crippen LogP contribution in [0.1, 0.15) is 12.8 Å². The summed E-state index contributed by atoms with van der Waals surface area (Å²) in [5.41, 5.74) is 0. The Kier molecular flexibility index (Phi) is 4.41. The molecule has 2 heterocycles. The van der Waals surface area contributed by atoms with Crippen molar-refractivity contribution in [3.63, 3.8) is 0 Å². The molecule has 1 fully saturated rings. The molecule has 2 rings (SSSR count). The third kappa shape index (κ3) is 3.39. The number of nitrogens with zero attached hydrogens (tertiary/aromatic N) is 2. The largest absolute Gasteiger partial charge is 0.320 e. The summed E-state index contributed by atoms with van der Waals surface area (Å²) in [6.07, 6.45) is 6.78. The van der Waals surface area contributed by atoms with Gasteiger partial charge in [0, 0.05) is 25.4 Å². The summed E-state index contributed by atoms with van der Waals surface area (Å²) in [6, 6.07) is 5.72. The highest BCUT2D eigenvalue weighted by Crippen LogP contribution is 2.08. The summed E-state index contributed by atoms with van der Waals surface area (Å²) >= 11 is 0. The molecule has 1 aromatic rings. The first-order valence-electron chi connectivity index (χ1n) is 4.61. The van der Waals surface area contributed by atoms with Crippen LogP contribution in [0, 0.1) is 0 Å². The molecular formula is C11H14N2O. The van der Waals surface area contributed by atoms with Crippen LogP contribution in [0.5, 0.6) is 0 Å². The topological polar surface area (TPSA) is 33.2 Å². The number of aromatic nitrogens is 1. The second-order valence-corrected chi connectivity index (χ2v) is 2.90. The predicted molar refractivity (Wildman–Crippen MR) is 55.4 cm³/mol. The highest BCUT2D eigenvalue weighted by Gasteiger charge is 2.15. The fraction of sp³-hybridized carbons (Fsp3) is 0.273. The van der Waals surface area contributed by atoms with Gasteiger partial charge in [-0.1, -0.05) is 12.6 Å². The first-order chi connectivity index (χ1) is 6.84. The number of hydrogen-bond donors (Lipinski definition) is 0. The Bertz CT molecular complexity index is 258. The summed E-state index contributed by atoms with van der Waals surface area (Å²) in [4.78, 5) is 16.1.